The number of β-lactam (4-membered cyclic amide) rings is 1. The lowest BCUT2D eigenvalue weighted by Crippen LogP contribution is -2.73. The molecule has 1 fully saturated rings. The van der Waals surface area contributed by atoms with E-state index in [0.717, 1.165) is 15.0 Å². The van der Waals surface area contributed by atoms with Crippen molar-refractivity contribution in [3.05, 3.63) is 138 Å². The fraction of sp³-hybridized carbons (Fsp3) is 0.182. The predicted molar refractivity (Wildman–Crippen MR) is 163 cm³/mol. The van der Waals surface area contributed by atoms with Gasteiger partial charge in [0.05, 0.1) is 23.0 Å². The Labute approximate surface area is 260 Å². The molecule has 3 aromatic carbocycles. The van der Waals surface area contributed by atoms with Crippen molar-refractivity contribution in [1.29, 1.82) is 0 Å². The van der Waals surface area contributed by atoms with Crippen molar-refractivity contribution in [1.82, 2.24) is 19.8 Å². The number of rotatable bonds is 9. The molecule has 0 spiro atoms. The van der Waals surface area contributed by atoms with Gasteiger partial charge in [-0.05, 0) is 16.7 Å². The van der Waals surface area contributed by atoms with Crippen LogP contribution in [0.1, 0.15) is 22.8 Å². The molecule has 1 aromatic heterocycles. The second-order valence-corrected chi connectivity index (χ2v) is 11.9. The van der Waals surface area contributed by atoms with Crippen LogP contribution in [-0.2, 0) is 41.1 Å². The number of fused-ring (bicyclic) bond motifs is 1. The van der Waals surface area contributed by atoms with Crippen molar-refractivity contribution in [2.45, 2.75) is 23.9 Å². The van der Waals surface area contributed by atoms with Crippen LogP contribution in [0, 0.1) is 0 Å². The van der Waals surface area contributed by atoms with Gasteiger partial charge in [0.1, 0.15) is 30.0 Å². The summed E-state index contributed by atoms with van der Waals surface area (Å²) in [5.41, 5.74) is 2.14. The van der Waals surface area contributed by atoms with E-state index in [4.69, 9.17) is 9.47 Å². The fourth-order valence-corrected chi connectivity index (χ4v) is 6.96. The number of amides is 2. The van der Waals surface area contributed by atoms with Crippen LogP contribution in [0.2, 0.25) is 0 Å². The standard InChI is InChI=1S/C33H28N4O7S/c38-26(18-22-10-4-1-5-11-22)35-27-30(39)37-28(25(20-45(42)31(27)37)19-43-33(41)36-17-16-34-21-36)32(40)44-29(23-12-6-2-7-13-23)24-14-8-3-9-15-24/h1-17,21,27,29,31H,18-20H2,(H,35,38)/t27?,31-,45?/m1/s1. The van der Waals surface area contributed by atoms with E-state index in [-0.39, 0.29) is 23.4 Å². The Kier molecular flexibility index (Phi) is 8.65. The van der Waals surface area contributed by atoms with Gasteiger partial charge in [-0.2, -0.15) is 0 Å². The number of esters is 1. The molecule has 0 radical (unpaired) electrons. The molecule has 3 heterocycles. The maximum absolute atomic E-state index is 14.0. The molecule has 228 valence electrons. The summed E-state index contributed by atoms with van der Waals surface area (Å²) >= 11 is 0. The average Bonchev–Trinajstić information content (AvgIpc) is 3.61. The number of carbonyl (C=O) groups excluding carboxylic acids is 4. The van der Waals surface area contributed by atoms with E-state index in [1.165, 1.54) is 18.7 Å². The normalized spacial score (nSPS) is 19.0. The molecule has 2 aliphatic heterocycles. The lowest BCUT2D eigenvalue weighted by atomic mass is 10.0. The monoisotopic (exact) mass is 624 g/mol. The Morgan fingerprint density at radius 2 is 1.56 bits per heavy atom. The molecule has 6 rings (SSSR count). The van der Waals surface area contributed by atoms with Gasteiger partial charge in [0.2, 0.25) is 5.91 Å². The molecule has 0 bridgehead atoms. The summed E-state index contributed by atoms with van der Waals surface area (Å²) < 4.78 is 26.1. The third kappa shape index (κ3) is 6.31. The van der Waals surface area contributed by atoms with Gasteiger partial charge in [-0.1, -0.05) is 91.0 Å². The van der Waals surface area contributed by atoms with Gasteiger partial charge in [-0.25, -0.2) is 19.1 Å². The summed E-state index contributed by atoms with van der Waals surface area (Å²) in [6.45, 7) is -0.421. The number of nitrogens with one attached hydrogen (secondary N) is 1. The summed E-state index contributed by atoms with van der Waals surface area (Å²) in [5.74, 6) is -2.07. The lowest BCUT2D eigenvalue weighted by Gasteiger charge is -2.49. The highest BCUT2D eigenvalue weighted by molar-refractivity contribution is 7.86. The van der Waals surface area contributed by atoms with Crippen LogP contribution >= 0.6 is 0 Å². The Balaban J connectivity index is 1.29. The molecule has 4 aromatic rings. The van der Waals surface area contributed by atoms with Crippen molar-refractivity contribution in [3.63, 3.8) is 0 Å². The van der Waals surface area contributed by atoms with E-state index in [0.29, 0.717) is 11.1 Å². The van der Waals surface area contributed by atoms with Gasteiger partial charge in [0.15, 0.2) is 6.10 Å². The minimum atomic E-state index is -1.73. The number of carbonyl (C=O) groups is 4. The van der Waals surface area contributed by atoms with E-state index < -0.39 is 58.8 Å². The minimum absolute atomic E-state index is 0.0278. The molecule has 3 atom stereocenters. The molecule has 1 saturated heterocycles. The third-order valence-electron chi connectivity index (χ3n) is 7.44. The van der Waals surface area contributed by atoms with Crippen molar-refractivity contribution in [2.24, 2.45) is 0 Å². The number of imidazole rings is 1. The van der Waals surface area contributed by atoms with Crippen LogP contribution in [0.5, 0.6) is 0 Å². The number of hydrogen-bond acceptors (Lipinski definition) is 8. The highest BCUT2D eigenvalue weighted by Crippen LogP contribution is 2.37. The quantitative estimate of drug-likeness (QED) is 0.222. The number of aromatic nitrogens is 2. The molecule has 2 amide bonds. The molecule has 12 heteroatoms. The molecule has 11 nitrogen and oxygen atoms in total. The van der Waals surface area contributed by atoms with Gasteiger partial charge >= 0.3 is 12.1 Å². The van der Waals surface area contributed by atoms with E-state index in [2.05, 4.69) is 10.3 Å². The summed E-state index contributed by atoms with van der Waals surface area (Å²) in [7, 11) is -1.73. The van der Waals surface area contributed by atoms with Crippen molar-refractivity contribution >= 4 is 34.7 Å². The first-order chi connectivity index (χ1) is 21.9. The van der Waals surface area contributed by atoms with Crippen LogP contribution < -0.4 is 5.32 Å². The van der Waals surface area contributed by atoms with E-state index in [1.807, 2.05) is 66.7 Å². The number of hydrogen-bond donors (Lipinski definition) is 1. The highest BCUT2D eigenvalue weighted by atomic mass is 32.2. The number of benzene rings is 3. The molecular weight excluding hydrogens is 596 g/mol. The fourth-order valence-electron chi connectivity index (χ4n) is 5.30. The van der Waals surface area contributed by atoms with Gasteiger partial charge in [0, 0.05) is 18.0 Å². The van der Waals surface area contributed by atoms with Crippen LogP contribution in [0.4, 0.5) is 4.79 Å². The zero-order valence-corrected chi connectivity index (χ0v) is 24.7. The molecular formula is C33H28N4O7S. The first-order valence-corrected chi connectivity index (χ1v) is 15.5. The maximum Gasteiger partial charge on any atom is 0.419 e. The largest absolute Gasteiger partial charge is 0.448 e. The smallest absolute Gasteiger partial charge is 0.419 e. The summed E-state index contributed by atoms with van der Waals surface area (Å²) in [6.07, 6.45) is 2.49. The van der Waals surface area contributed by atoms with Crippen molar-refractivity contribution in [2.75, 3.05) is 12.4 Å². The first kappa shape index (κ1) is 29.7. The number of nitrogens with zero attached hydrogens (tertiary/aromatic N) is 3. The first-order valence-electron chi connectivity index (χ1n) is 14.1. The Bertz CT molecular complexity index is 1720. The molecule has 0 aliphatic carbocycles. The topological polar surface area (TPSA) is 137 Å². The van der Waals surface area contributed by atoms with Crippen LogP contribution in [0.15, 0.2) is 121 Å². The summed E-state index contributed by atoms with van der Waals surface area (Å²) in [4.78, 5) is 57.9. The Morgan fingerprint density at radius 1 is 0.933 bits per heavy atom. The lowest BCUT2D eigenvalue weighted by molar-refractivity contribution is -0.155. The summed E-state index contributed by atoms with van der Waals surface area (Å²) in [6, 6.07) is 26.2. The molecule has 0 saturated carbocycles. The summed E-state index contributed by atoms with van der Waals surface area (Å²) in [5, 5.41) is 1.69. The van der Waals surface area contributed by atoms with Gasteiger partial charge in [0.25, 0.3) is 5.91 Å². The molecule has 45 heavy (non-hydrogen) atoms. The number of ether oxygens (including phenoxy) is 2. The van der Waals surface area contributed by atoms with Crippen LogP contribution in [0.3, 0.4) is 0 Å². The van der Waals surface area contributed by atoms with E-state index in [9.17, 15) is 23.4 Å². The molecule has 2 unspecified atom stereocenters. The second-order valence-electron chi connectivity index (χ2n) is 10.4. The zero-order chi connectivity index (χ0) is 31.3. The molecule has 2 aliphatic rings. The average molecular weight is 625 g/mol. The SMILES string of the molecule is O=C(Cc1ccccc1)NC1C(=O)N2C(C(=O)OC(c3ccccc3)c3ccccc3)=C(COC(=O)n3ccnc3)CS(=O)[C@H]12. The maximum atomic E-state index is 14.0. The zero-order valence-electron chi connectivity index (χ0n) is 23.9. The Hall–Kier alpha value is -5.36. The Morgan fingerprint density at radius 3 is 2.16 bits per heavy atom. The van der Waals surface area contributed by atoms with E-state index >= 15 is 0 Å². The third-order valence-corrected chi connectivity index (χ3v) is 9.09. The van der Waals surface area contributed by atoms with E-state index in [1.54, 1.807) is 24.3 Å². The van der Waals surface area contributed by atoms with Gasteiger partial charge in [-0.3, -0.25) is 18.7 Å². The van der Waals surface area contributed by atoms with Crippen molar-refractivity contribution in [3.8, 4) is 0 Å². The van der Waals surface area contributed by atoms with Gasteiger partial charge in [-0.15, -0.1) is 0 Å². The predicted octanol–water partition coefficient (Wildman–Crippen LogP) is 3.11. The molecule has 1 N–H and O–H groups in total. The van der Waals surface area contributed by atoms with Crippen LogP contribution in [0.25, 0.3) is 0 Å². The minimum Gasteiger partial charge on any atom is -0.448 e. The van der Waals surface area contributed by atoms with Gasteiger partial charge < -0.3 is 14.8 Å². The van der Waals surface area contributed by atoms with Crippen LogP contribution in [-0.4, -0.2) is 66.3 Å². The second kappa shape index (κ2) is 13.1. The highest BCUT2D eigenvalue weighted by Gasteiger charge is 2.57. The van der Waals surface area contributed by atoms with Crippen molar-refractivity contribution < 1.29 is 32.9 Å².